The molecule has 0 saturated heterocycles. The average molecular weight is 147 g/mol. The molecule has 0 radical (unpaired) electrons. The van der Waals surface area contributed by atoms with Gasteiger partial charge in [0.25, 0.3) is 0 Å². The van der Waals surface area contributed by atoms with E-state index in [1.807, 2.05) is 13.8 Å². The van der Waals surface area contributed by atoms with Gasteiger partial charge in [-0.1, -0.05) is 13.3 Å². The van der Waals surface area contributed by atoms with Gasteiger partial charge in [0.15, 0.2) is 0 Å². The molecule has 0 aromatic carbocycles. The van der Waals surface area contributed by atoms with Crippen LogP contribution in [0.25, 0.3) is 0 Å². The Hall–Kier alpha value is -0.120. The maximum Gasteiger partial charge on any atom is 0.111 e. The SMILES string of the molecule is CCCCO[NH+]([O-])C(C)C. The lowest BCUT2D eigenvalue weighted by molar-refractivity contribution is -1.07. The van der Waals surface area contributed by atoms with Crippen molar-refractivity contribution < 1.29 is 10.1 Å². The van der Waals surface area contributed by atoms with Crippen molar-refractivity contribution in [2.75, 3.05) is 6.61 Å². The first kappa shape index (κ1) is 9.88. The van der Waals surface area contributed by atoms with Crippen LogP contribution >= 0.6 is 0 Å². The quantitative estimate of drug-likeness (QED) is 0.454. The van der Waals surface area contributed by atoms with E-state index in [0.717, 1.165) is 12.8 Å². The fraction of sp³-hybridized carbons (Fsp3) is 1.00. The second kappa shape index (κ2) is 5.65. The minimum Gasteiger partial charge on any atom is -0.600 e. The lowest BCUT2D eigenvalue weighted by atomic mass is 10.4. The number of unbranched alkanes of at least 4 members (excludes halogenated alkanes) is 1. The van der Waals surface area contributed by atoms with Crippen LogP contribution in [0.1, 0.15) is 33.6 Å². The van der Waals surface area contributed by atoms with Crippen LogP contribution in [0, 0.1) is 5.21 Å². The summed E-state index contributed by atoms with van der Waals surface area (Å²) in [5.41, 5.74) is 0. The van der Waals surface area contributed by atoms with Crippen molar-refractivity contribution in [1.29, 1.82) is 0 Å². The zero-order valence-corrected chi connectivity index (χ0v) is 7.02. The van der Waals surface area contributed by atoms with Gasteiger partial charge in [0, 0.05) is 0 Å². The molecule has 0 heterocycles. The molecule has 0 fully saturated rings. The van der Waals surface area contributed by atoms with Gasteiger partial charge in [-0.05, 0) is 20.3 Å². The van der Waals surface area contributed by atoms with Crippen LogP contribution in [-0.4, -0.2) is 12.6 Å². The molecule has 0 aromatic rings. The van der Waals surface area contributed by atoms with Crippen molar-refractivity contribution in [3.8, 4) is 0 Å². The van der Waals surface area contributed by atoms with Crippen LogP contribution in [0.2, 0.25) is 0 Å². The summed E-state index contributed by atoms with van der Waals surface area (Å²) in [6, 6.07) is 0.0110. The average Bonchev–Trinajstić information content (AvgIpc) is 1.88. The summed E-state index contributed by atoms with van der Waals surface area (Å²) in [6.45, 7) is 6.33. The Morgan fingerprint density at radius 2 is 2.10 bits per heavy atom. The van der Waals surface area contributed by atoms with Crippen molar-refractivity contribution >= 4 is 0 Å². The van der Waals surface area contributed by atoms with Crippen LogP contribution in [0.5, 0.6) is 0 Å². The Morgan fingerprint density at radius 1 is 1.50 bits per heavy atom. The smallest absolute Gasteiger partial charge is 0.111 e. The minimum absolute atomic E-state index is 0.0110. The summed E-state index contributed by atoms with van der Waals surface area (Å²) >= 11 is 0. The van der Waals surface area contributed by atoms with E-state index in [0.29, 0.717) is 6.61 Å². The number of quaternary nitrogens is 1. The van der Waals surface area contributed by atoms with Gasteiger partial charge in [-0.25, -0.2) is 10.1 Å². The first-order valence-corrected chi connectivity index (χ1v) is 3.85. The van der Waals surface area contributed by atoms with Gasteiger partial charge in [0.2, 0.25) is 0 Å². The maximum atomic E-state index is 10.8. The van der Waals surface area contributed by atoms with Crippen LogP contribution < -0.4 is 5.23 Å². The van der Waals surface area contributed by atoms with Crippen molar-refractivity contribution in [2.45, 2.75) is 39.7 Å². The highest BCUT2D eigenvalue weighted by atomic mass is 16.9. The Morgan fingerprint density at radius 3 is 2.50 bits per heavy atom. The van der Waals surface area contributed by atoms with Gasteiger partial charge in [-0.3, -0.25) is 0 Å². The van der Waals surface area contributed by atoms with E-state index in [4.69, 9.17) is 4.84 Å². The van der Waals surface area contributed by atoms with E-state index in [-0.39, 0.29) is 11.3 Å². The Labute approximate surface area is 62.5 Å². The number of hydrogen-bond acceptors (Lipinski definition) is 2. The molecule has 10 heavy (non-hydrogen) atoms. The van der Waals surface area contributed by atoms with E-state index in [2.05, 4.69) is 6.92 Å². The molecule has 0 aromatic heterocycles. The van der Waals surface area contributed by atoms with E-state index in [1.165, 1.54) is 0 Å². The summed E-state index contributed by atoms with van der Waals surface area (Å²) in [7, 11) is 0. The fourth-order valence-electron chi connectivity index (χ4n) is 0.484. The van der Waals surface area contributed by atoms with Gasteiger partial charge in [0.05, 0.1) is 0 Å². The molecule has 0 saturated carbocycles. The number of hydroxylamine groups is 2. The molecule has 0 aliphatic rings. The molecule has 1 unspecified atom stereocenters. The summed E-state index contributed by atoms with van der Waals surface area (Å²) in [5, 5.41) is 10.7. The first-order chi connectivity index (χ1) is 4.68. The van der Waals surface area contributed by atoms with Gasteiger partial charge >= 0.3 is 0 Å². The standard InChI is InChI=1S/C7H17NO2/c1-4-5-6-10-8(9)7(2)3/h7-8H,4-6H2,1-3H3. The normalized spacial score (nSPS) is 14.1. The Balaban J connectivity index is 3.13. The highest BCUT2D eigenvalue weighted by molar-refractivity contribution is 4.29. The molecular formula is C7H17NO2. The van der Waals surface area contributed by atoms with Crippen LogP contribution in [0.3, 0.4) is 0 Å². The highest BCUT2D eigenvalue weighted by Gasteiger charge is 2.01. The number of nitrogens with one attached hydrogen (secondary N) is 1. The highest BCUT2D eigenvalue weighted by Crippen LogP contribution is 1.83. The second-order valence-electron chi connectivity index (χ2n) is 2.68. The monoisotopic (exact) mass is 147 g/mol. The third-order valence-corrected chi connectivity index (χ3v) is 1.21. The summed E-state index contributed by atoms with van der Waals surface area (Å²) < 4.78 is 0. The molecule has 0 bridgehead atoms. The number of rotatable bonds is 5. The molecule has 0 aliphatic heterocycles. The molecule has 3 heteroatoms. The van der Waals surface area contributed by atoms with E-state index in [1.54, 1.807) is 0 Å². The molecule has 62 valence electrons. The zero-order chi connectivity index (χ0) is 7.98. The fourth-order valence-corrected chi connectivity index (χ4v) is 0.484. The molecular weight excluding hydrogens is 130 g/mol. The predicted molar refractivity (Wildman–Crippen MR) is 40.3 cm³/mol. The van der Waals surface area contributed by atoms with Gasteiger partial charge < -0.3 is 5.21 Å². The summed E-state index contributed by atoms with van der Waals surface area (Å²) in [5.74, 6) is 0. The summed E-state index contributed by atoms with van der Waals surface area (Å²) in [6.07, 6.45) is 2.05. The Kier molecular flexibility index (Phi) is 5.58. The summed E-state index contributed by atoms with van der Waals surface area (Å²) in [4.78, 5) is 4.90. The lowest BCUT2D eigenvalue weighted by Crippen LogP contribution is -3.09. The third kappa shape index (κ3) is 4.73. The molecule has 0 spiro atoms. The Bertz CT molecular complexity index is 76.0. The number of hydrogen-bond donors (Lipinski definition) is 1. The molecule has 0 amide bonds. The molecule has 0 rings (SSSR count). The zero-order valence-electron chi connectivity index (χ0n) is 7.02. The molecule has 1 N–H and O–H groups in total. The first-order valence-electron chi connectivity index (χ1n) is 3.85. The van der Waals surface area contributed by atoms with Crippen LogP contribution in [-0.2, 0) is 4.84 Å². The van der Waals surface area contributed by atoms with Crippen molar-refractivity contribution in [1.82, 2.24) is 0 Å². The van der Waals surface area contributed by atoms with Gasteiger partial charge in [0.1, 0.15) is 12.6 Å². The van der Waals surface area contributed by atoms with Crippen molar-refractivity contribution in [3.05, 3.63) is 5.21 Å². The van der Waals surface area contributed by atoms with Gasteiger partial charge in [-0.15, -0.1) is 0 Å². The third-order valence-electron chi connectivity index (χ3n) is 1.21. The van der Waals surface area contributed by atoms with Crippen LogP contribution in [0.4, 0.5) is 0 Å². The van der Waals surface area contributed by atoms with Crippen molar-refractivity contribution in [3.63, 3.8) is 0 Å². The lowest BCUT2D eigenvalue weighted by Gasteiger charge is -2.23. The predicted octanol–water partition coefficient (Wildman–Crippen LogP) is 0.509. The molecule has 1 atom stereocenters. The largest absolute Gasteiger partial charge is 0.600 e. The topological polar surface area (TPSA) is 36.7 Å². The van der Waals surface area contributed by atoms with E-state index in [9.17, 15) is 5.21 Å². The molecule has 3 nitrogen and oxygen atoms in total. The van der Waals surface area contributed by atoms with E-state index >= 15 is 0 Å². The van der Waals surface area contributed by atoms with Crippen LogP contribution in [0.15, 0.2) is 0 Å². The van der Waals surface area contributed by atoms with E-state index < -0.39 is 0 Å². The minimum atomic E-state index is -0.0894. The maximum absolute atomic E-state index is 10.8. The second-order valence-corrected chi connectivity index (χ2v) is 2.68. The molecule has 0 aliphatic carbocycles. The van der Waals surface area contributed by atoms with Gasteiger partial charge in [-0.2, -0.15) is 0 Å². The van der Waals surface area contributed by atoms with Crippen molar-refractivity contribution in [2.24, 2.45) is 0 Å².